The normalized spacial score (nSPS) is 11.7. The lowest BCUT2D eigenvalue weighted by Crippen LogP contribution is -2.16. The largest absolute Gasteiger partial charge is 0.497 e. The Morgan fingerprint density at radius 3 is 2.30 bits per heavy atom. The summed E-state index contributed by atoms with van der Waals surface area (Å²) in [6.45, 7) is -0.283. The van der Waals surface area contributed by atoms with Gasteiger partial charge in [-0.2, -0.15) is 0 Å². The first-order chi connectivity index (χ1) is 11.0. The van der Waals surface area contributed by atoms with Crippen molar-refractivity contribution in [2.75, 3.05) is 13.7 Å². The zero-order valence-electron chi connectivity index (χ0n) is 12.6. The van der Waals surface area contributed by atoms with E-state index in [2.05, 4.69) is 15.9 Å². The Morgan fingerprint density at radius 1 is 1.17 bits per heavy atom. The standard InChI is InChI=1S/C17H16BrNO4/c1-23-16-8-4-12(5-9-16)14(11-19(21)22)10-17(20)13-2-6-15(18)7-3-13/h2-9,14H,10-11H2,1H3. The van der Waals surface area contributed by atoms with Gasteiger partial charge in [0.05, 0.1) is 13.0 Å². The molecule has 0 fully saturated rings. The van der Waals surface area contributed by atoms with E-state index in [1.165, 1.54) is 0 Å². The van der Waals surface area contributed by atoms with E-state index < -0.39 is 5.92 Å². The summed E-state index contributed by atoms with van der Waals surface area (Å²) in [6, 6.07) is 14.0. The van der Waals surface area contributed by atoms with Crippen molar-refractivity contribution in [2.24, 2.45) is 0 Å². The van der Waals surface area contributed by atoms with E-state index in [1.54, 1.807) is 55.6 Å². The molecule has 0 aliphatic heterocycles. The van der Waals surface area contributed by atoms with Crippen molar-refractivity contribution in [1.29, 1.82) is 0 Å². The van der Waals surface area contributed by atoms with Crippen LogP contribution in [0, 0.1) is 10.1 Å². The van der Waals surface area contributed by atoms with Gasteiger partial charge in [0.15, 0.2) is 5.78 Å². The zero-order valence-corrected chi connectivity index (χ0v) is 14.2. The first-order valence-electron chi connectivity index (χ1n) is 7.04. The van der Waals surface area contributed by atoms with Crippen molar-refractivity contribution in [2.45, 2.75) is 12.3 Å². The highest BCUT2D eigenvalue weighted by molar-refractivity contribution is 9.10. The summed E-state index contributed by atoms with van der Waals surface area (Å²) in [4.78, 5) is 22.9. The number of benzene rings is 2. The van der Waals surface area contributed by atoms with Crippen LogP contribution in [0.2, 0.25) is 0 Å². The molecule has 0 aliphatic carbocycles. The second-order valence-electron chi connectivity index (χ2n) is 5.12. The maximum Gasteiger partial charge on any atom is 0.211 e. The van der Waals surface area contributed by atoms with Crippen LogP contribution in [0.5, 0.6) is 5.75 Å². The molecule has 0 heterocycles. The number of rotatable bonds is 7. The number of hydrogen-bond acceptors (Lipinski definition) is 4. The molecule has 0 amide bonds. The minimum Gasteiger partial charge on any atom is -0.497 e. The van der Waals surface area contributed by atoms with E-state index in [1.807, 2.05) is 0 Å². The van der Waals surface area contributed by atoms with Gasteiger partial charge in [-0.3, -0.25) is 14.9 Å². The van der Waals surface area contributed by atoms with Crippen LogP contribution < -0.4 is 4.74 Å². The number of carbonyl (C=O) groups excluding carboxylic acids is 1. The van der Waals surface area contributed by atoms with Crippen molar-refractivity contribution >= 4 is 21.7 Å². The van der Waals surface area contributed by atoms with Crippen molar-refractivity contribution < 1.29 is 14.5 Å². The zero-order chi connectivity index (χ0) is 16.8. The fourth-order valence-corrected chi connectivity index (χ4v) is 2.59. The summed E-state index contributed by atoms with van der Waals surface area (Å²) in [5.41, 5.74) is 1.31. The van der Waals surface area contributed by atoms with Crippen LogP contribution in [0.15, 0.2) is 53.0 Å². The van der Waals surface area contributed by atoms with Gasteiger partial charge in [-0.05, 0) is 29.8 Å². The molecule has 0 radical (unpaired) electrons. The van der Waals surface area contributed by atoms with Gasteiger partial charge in [0.2, 0.25) is 6.54 Å². The molecule has 0 aliphatic rings. The Labute approximate surface area is 142 Å². The van der Waals surface area contributed by atoms with Crippen molar-refractivity contribution in [3.8, 4) is 5.75 Å². The van der Waals surface area contributed by atoms with Gasteiger partial charge in [-0.15, -0.1) is 0 Å². The first kappa shape index (κ1) is 17.1. The van der Waals surface area contributed by atoms with Gasteiger partial charge in [-0.1, -0.05) is 40.2 Å². The molecule has 1 unspecified atom stereocenters. The van der Waals surface area contributed by atoms with Crippen molar-refractivity contribution in [3.63, 3.8) is 0 Å². The molecular weight excluding hydrogens is 362 g/mol. The second kappa shape index (κ2) is 7.87. The molecule has 0 saturated carbocycles. The van der Waals surface area contributed by atoms with Gasteiger partial charge in [0.1, 0.15) is 5.75 Å². The smallest absolute Gasteiger partial charge is 0.211 e. The Hall–Kier alpha value is -2.21. The monoisotopic (exact) mass is 377 g/mol. The molecular formula is C17H16BrNO4. The summed E-state index contributed by atoms with van der Waals surface area (Å²) in [5, 5.41) is 10.9. The molecule has 2 rings (SSSR count). The number of carbonyl (C=O) groups is 1. The highest BCUT2D eigenvalue weighted by atomic mass is 79.9. The predicted octanol–water partition coefficient (Wildman–Crippen LogP) is 4.09. The van der Waals surface area contributed by atoms with E-state index >= 15 is 0 Å². The number of Topliss-reactive ketones (excluding diaryl/α,β-unsaturated/α-hetero) is 1. The highest BCUT2D eigenvalue weighted by Gasteiger charge is 2.22. The van der Waals surface area contributed by atoms with Gasteiger partial charge < -0.3 is 4.74 Å². The fourth-order valence-electron chi connectivity index (χ4n) is 2.32. The Morgan fingerprint density at radius 2 is 1.78 bits per heavy atom. The summed E-state index contributed by atoms with van der Waals surface area (Å²) in [6.07, 6.45) is 0.0922. The lowest BCUT2D eigenvalue weighted by Gasteiger charge is -2.13. The molecule has 6 heteroatoms. The maximum absolute atomic E-state index is 12.4. The molecule has 2 aromatic carbocycles. The third kappa shape index (κ3) is 4.89. The quantitative estimate of drug-likeness (QED) is 0.413. The molecule has 23 heavy (non-hydrogen) atoms. The number of ketones is 1. The number of ether oxygens (including phenoxy) is 1. The first-order valence-corrected chi connectivity index (χ1v) is 7.83. The van der Waals surface area contributed by atoms with Gasteiger partial charge >= 0.3 is 0 Å². The molecule has 0 spiro atoms. The minimum atomic E-state index is -0.466. The van der Waals surface area contributed by atoms with Crippen LogP contribution in [0.25, 0.3) is 0 Å². The van der Waals surface area contributed by atoms with Crippen LogP contribution in [0.4, 0.5) is 0 Å². The van der Waals surface area contributed by atoms with Crippen LogP contribution in [-0.4, -0.2) is 24.4 Å². The van der Waals surface area contributed by atoms with E-state index in [0.29, 0.717) is 11.3 Å². The van der Waals surface area contributed by atoms with E-state index in [0.717, 1.165) is 10.0 Å². The van der Waals surface area contributed by atoms with E-state index in [9.17, 15) is 14.9 Å². The summed E-state index contributed by atoms with van der Waals surface area (Å²) < 4.78 is 5.97. The number of nitro groups is 1. The molecule has 0 saturated heterocycles. The molecule has 120 valence electrons. The van der Waals surface area contributed by atoms with Gasteiger partial charge in [0.25, 0.3) is 0 Å². The number of halogens is 1. The van der Waals surface area contributed by atoms with Crippen molar-refractivity contribution in [1.82, 2.24) is 0 Å². The van der Waals surface area contributed by atoms with Crippen molar-refractivity contribution in [3.05, 3.63) is 74.2 Å². The summed E-state index contributed by atoms with van der Waals surface area (Å²) in [5.74, 6) is 0.0973. The Balaban J connectivity index is 2.18. The van der Waals surface area contributed by atoms with E-state index in [-0.39, 0.29) is 23.7 Å². The predicted molar refractivity (Wildman–Crippen MR) is 90.7 cm³/mol. The second-order valence-corrected chi connectivity index (χ2v) is 6.04. The lowest BCUT2D eigenvalue weighted by molar-refractivity contribution is -0.483. The maximum atomic E-state index is 12.4. The fraction of sp³-hybridized carbons (Fsp3) is 0.235. The van der Waals surface area contributed by atoms with Crippen LogP contribution in [0.3, 0.4) is 0 Å². The van der Waals surface area contributed by atoms with E-state index in [4.69, 9.17) is 4.74 Å². The molecule has 1 atom stereocenters. The van der Waals surface area contributed by atoms with Crippen LogP contribution >= 0.6 is 15.9 Å². The third-order valence-electron chi connectivity index (χ3n) is 3.55. The molecule has 0 bridgehead atoms. The molecule has 0 N–H and O–H groups in total. The molecule has 0 aromatic heterocycles. The SMILES string of the molecule is COc1ccc(C(CC(=O)c2ccc(Br)cc2)C[N+](=O)[O-])cc1. The highest BCUT2D eigenvalue weighted by Crippen LogP contribution is 2.25. The molecule has 2 aromatic rings. The van der Waals surface area contributed by atoms with Gasteiger partial charge in [0, 0.05) is 21.4 Å². The Bertz CT molecular complexity index is 683. The number of nitrogens with zero attached hydrogens (tertiary/aromatic N) is 1. The topological polar surface area (TPSA) is 69.4 Å². The van der Waals surface area contributed by atoms with Crippen LogP contribution in [-0.2, 0) is 0 Å². The lowest BCUT2D eigenvalue weighted by atomic mass is 9.91. The third-order valence-corrected chi connectivity index (χ3v) is 4.08. The number of hydrogen-bond donors (Lipinski definition) is 0. The number of methoxy groups -OCH3 is 1. The summed E-state index contributed by atoms with van der Waals surface area (Å²) in [7, 11) is 1.56. The minimum absolute atomic E-state index is 0.0922. The summed E-state index contributed by atoms with van der Waals surface area (Å²) >= 11 is 3.32. The van der Waals surface area contributed by atoms with Gasteiger partial charge in [-0.25, -0.2) is 0 Å². The van der Waals surface area contributed by atoms with Crippen LogP contribution in [0.1, 0.15) is 28.3 Å². The Kier molecular flexibility index (Phi) is 5.87. The average molecular weight is 378 g/mol. The average Bonchev–Trinajstić information content (AvgIpc) is 2.54. The molecule has 5 nitrogen and oxygen atoms in total.